The van der Waals surface area contributed by atoms with E-state index in [-0.39, 0.29) is 0 Å². The molecule has 0 spiro atoms. The van der Waals surface area contributed by atoms with Crippen LogP contribution in [0.25, 0.3) is 0 Å². The van der Waals surface area contributed by atoms with E-state index in [1.807, 2.05) is 19.3 Å². The number of thioether (sulfide) groups is 1. The third kappa shape index (κ3) is 4.53. The minimum Gasteiger partial charge on any atom is -0.370 e. The van der Waals surface area contributed by atoms with Crippen molar-refractivity contribution in [3.05, 3.63) is 23.4 Å². The highest BCUT2D eigenvalue weighted by Gasteiger charge is 2.00. The Morgan fingerprint density at radius 1 is 1.53 bits per heavy atom. The first kappa shape index (κ1) is 12.3. The van der Waals surface area contributed by atoms with Crippen LogP contribution in [-0.4, -0.2) is 22.8 Å². The van der Waals surface area contributed by atoms with Gasteiger partial charge in [-0.05, 0) is 19.6 Å². The summed E-state index contributed by atoms with van der Waals surface area (Å²) in [6.45, 7) is 2.86. The maximum atomic E-state index is 5.85. The molecule has 0 radical (unpaired) electrons. The monoisotopic (exact) mass is 243 g/mol. The number of aromatic nitrogens is 2. The molecule has 0 amide bonds. The summed E-state index contributed by atoms with van der Waals surface area (Å²) in [5, 5.41) is 4.36. The van der Waals surface area contributed by atoms with E-state index in [0.29, 0.717) is 10.3 Å². The summed E-state index contributed by atoms with van der Waals surface area (Å²) in [4.78, 5) is 8.34. The van der Waals surface area contributed by atoms with Gasteiger partial charge in [-0.2, -0.15) is 0 Å². The molecule has 0 saturated carbocycles. The minimum atomic E-state index is 0.475. The zero-order valence-corrected chi connectivity index (χ0v) is 10.4. The average molecular weight is 244 g/mol. The fourth-order valence-electron chi connectivity index (χ4n) is 1.03. The zero-order chi connectivity index (χ0) is 11.1. The number of nitrogens with zero attached hydrogens (tertiary/aromatic N) is 2. The molecule has 0 aliphatic rings. The van der Waals surface area contributed by atoms with Gasteiger partial charge in [-0.3, -0.25) is 0 Å². The summed E-state index contributed by atoms with van der Waals surface area (Å²) in [6, 6.07) is 1.73. The van der Waals surface area contributed by atoms with Gasteiger partial charge in [-0.15, -0.1) is 0 Å². The molecule has 82 valence electrons. The second kappa shape index (κ2) is 6.69. The quantitative estimate of drug-likeness (QED) is 0.283. The molecular weight excluding hydrogens is 230 g/mol. The average Bonchev–Trinajstić information content (AvgIpc) is 2.23. The lowest BCUT2D eigenvalue weighted by molar-refractivity contribution is 0.949. The van der Waals surface area contributed by atoms with E-state index in [1.165, 1.54) is 11.8 Å². The van der Waals surface area contributed by atoms with Gasteiger partial charge in [-0.1, -0.05) is 35.5 Å². The Bertz CT molecular complexity index is 341. The van der Waals surface area contributed by atoms with Gasteiger partial charge >= 0.3 is 0 Å². The highest BCUT2D eigenvalue weighted by molar-refractivity contribution is 7.98. The van der Waals surface area contributed by atoms with E-state index < -0.39 is 0 Å². The first-order valence-electron chi connectivity index (χ1n) is 4.70. The van der Waals surface area contributed by atoms with E-state index in [1.54, 1.807) is 6.07 Å². The fraction of sp³-hybridized carbons (Fsp3) is 0.400. The number of nitrogens with one attached hydrogen (secondary N) is 1. The molecule has 0 aliphatic heterocycles. The van der Waals surface area contributed by atoms with Crippen LogP contribution < -0.4 is 5.32 Å². The van der Waals surface area contributed by atoms with Crippen molar-refractivity contribution in [2.24, 2.45) is 0 Å². The molecule has 1 aromatic heterocycles. The number of halogens is 1. The molecule has 1 N–H and O–H groups in total. The summed E-state index contributed by atoms with van der Waals surface area (Å²) < 4.78 is 0. The van der Waals surface area contributed by atoms with Gasteiger partial charge in [0.25, 0.3) is 0 Å². The third-order valence-electron chi connectivity index (χ3n) is 1.71. The van der Waals surface area contributed by atoms with Crippen LogP contribution in [0.1, 0.15) is 13.3 Å². The maximum absolute atomic E-state index is 5.85. The largest absolute Gasteiger partial charge is 0.370 e. The lowest BCUT2D eigenvalue weighted by Gasteiger charge is -2.05. The molecule has 0 bridgehead atoms. The van der Waals surface area contributed by atoms with Crippen molar-refractivity contribution in [1.29, 1.82) is 0 Å². The van der Waals surface area contributed by atoms with Gasteiger partial charge in [-0.25, -0.2) is 9.97 Å². The third-order valence-corrected chi connectivity index (χ3v) is 2.45. The molecule has 3 nitrogen and oxygen atoms in total. The topological polar surface area (TPSA) is 37.8 Å². The van der Waals surface area contributed by atoms with Gasteiger partial charge < -0.3 is 5.32 Å². The lowest BCUT2D eigenvalue weighted by Crippen LogP contribution is -2.03. The smallest absolute Gasteiger partial charge is 0.190 e. The highest BCUT2D eigenvalue weighted by Crippen LogP contribution is 2.16. The molecule has 15 heavy (non-hydrogen) atoms. The zero-order valence-electron chi connectivity index (χ0n) is 8.83. The summed E-state index contributed by atoms with van der Waals surface area (Å²) in [5.41, 5.74) is 0. The molecule has 0 saturated heterocycles. The van der Waals surface area contributed by atoms with E-state index in [4.69, 9.17) is 11.6 Å². The van der Waals surface area contributed by atoms with Crippen molar-refractivity contribution in [3.8, 4) is 0 Å². The van der Waals surface area contributed by atoms with Crippen molar-refractivity contribution in [1.82, 2.24) is 9.97 Å². The van der Waals surface area contributed by atoms with Crippen LogP contribution in [0.3, 0.4) is 0 Å². The normalized spacial score (nSPS) is 10.9. The Kier molecular flexibility index (Phi) is 5.50. The van der Waals surface area contributed by atoms with Crippen LogP contribution in [-0.2, 0) is 0 Å². The number of anilines is 1. The van der Waals surface area contributed by atoms with Gasteiger partial charge in [0.2, 0.25) is 0 Å². The van der Waals surface area contributed by atoms with Crippen LogP contribution in [0.5, 0.6) is 0 Å². The molecular formula is C10H14ClN3S. The Hall–Kier alpha value is -0.740. The van der Waals surface area contributed by atoms with Gasteiger partial charge in [0.15, 0.2) is 5.16 Å². The van der Waals surface area contributed by atoms with E-state index in [0.717, 1.165) is 18.8 Å². The van der Waals surface area contributed by atoms with Gasteiger partial charge in [0.05, 0.1) is 0 Å². The molecule has 0 unspecified atom stereocenters. The lowest BCUT2D eigenvalue weighted by atomic mass is 10.4. The Morgan fingerprint density at radius 2 is 2.33 bits per heavy atom. The predicted octanol–water partition coefficient (Wildman–Crippen LogP) is 3.23. The predicted molar refractivity (Wildman–Crippen MR) is 66.7 cm³/mol. The number of allylic oxidation sites excluding steroid dienone is 1. The van der Waals surface area contributed by atoms with Gasteiger partial charge in [0, 0.05) is 12.6 Å². The van der Waals surface area contributed by atoms with Crippen LogP contribution in [0.15, 0.2) is 23.4 Å². The van der Waals surface area contributed by atoms with Crippen LogP contribution >= 0.6 is 23.4 Å². The SMILES string of the molecule is C/C=C/CCNc1cc(Cl)nc(SC)n1. The molecule has 1 rings (SSSR count). The summed E-state index contributed by atoms with van der Waals surface area (Å²) >= 11 is 7.33. The summed E-state index contributed by atoms with van der Waals surface area (Å²) in [5.74, 6) is 0.781. The molecule has 1 aromatic rings. The van der Waals surface area contributed by atoms with E-state index in [2.05, 4.69) is 21.4 Å². The fourth-order valence-corrected chi connectivity index (χ4v) is 1.64. The first-order valence-corrected chi connectivity index (χ1v) is 6.30. The van der Waals surface area contributed by atoms with Crippen molar-refractivity contribution >= 4 is 29.2 Å². The molecule has 0 aliphatic carbocycles. The standard InChI is InChI=1S/C10H14ClN3S/c1-3-4-5-6-12-9-7-8(11)13-10(14-9)15-2/h3-4,7H,5-6H2,1-2H3,(H,12,13,14)/b4-3+. The summed E-state index contributed by atoms with van der Waals surface area (Å²) in [7, 11) is 0. The number of hydrogen-bond donors (Lipinski definition) is 1. The molecule has 0 fully saturated rings. The van der Waals surface area contributed by atoms with Crippen molar-refractivity contribution in [3.63, 3.8) is 0 Å². The molecule has 0 aromatic carbocycles. The first-order chi connectivity index (χ1) is 7.26. The maximum Gasteiger partial charge on any atom is 0.190 e. The second-order valence-electron chi connectivity index (χ2n) is 2.85. The Labute approximate surface area is 99.3 Å². The second-order valence-corrected chi connectivity index (χ2v) is 4.01. The number of rotatable bonds is 5. The molecule has 5 heteroatoms. The van der Waals surface area contributed by atoms with E-state index >= 15 is 0 Å². The minimum absolute atomic E-state index is 0.475. The molecule has 1 heterocycles. The highest BCUT2D eigenvalue weighted by atomic mass is 35.5. The van der Waals surface area contributed by atoms with Crippen LogP contribution in [0.4, 0.5) is 5.82 Å². The summed E-state index contributed by atoms with van der Waals surface area (Å²) in [6.07, 6.45) is 7.04. The van der Waals surface area contributed by atoms with E-state index in [9.17, 15) is 0 Å². The Balaban J connectivity index is 2.56. The van der Waals surface area contributed by atoms with Crippen LogP contribution in [0, 0.1) is 0 Å². The Morgan fingerprint density at radius 3 is 3.00 bits per heavy atom. The molecule has 0 atom stereocenters. The van der Waals surface area contributed by atoms with Crippen molar-refractivity contribution in [2.45, 2.75) is 18.5 Å². The van der Waals surface area contributed by atoms with Crippen molar-refractivity contribution < 1.29 is 0 Å². The number of hydrogen-bond acceptors (Lipinski definition) is 4. The van der Waals surface area contributed by atoms with Crippen molar-refractivity contribution in [2.75, 3.05) is 18.1 Å². The van der Waals surface area contributed by atoms with Gasteiger partial charge in [0.1, 0.15) is 11.0 Å². The van der Waals surface area contributed by atoms with Crippen LogP contribution in [0.2, 0.25) is 5.15 Å².